The molecule has 1 unspecified atom stereocenters. The van der Waals surface area contributed by atoms with Crippen LogP contribution < -0.4 is 5.32 Å². The summed E-state index contributed by atoms with van der Waals surface area (Å²) < 4.78 is 0. The smallest absolute Gasteiger partial charge is 0.256 e. The third-order valence-electron chi connectivity index (χ3n) is 4.62. The van der Waals surface area contributed by atoms with E-state index in [4.69, 9.17) is 0 Å². The Balaban J connectivity index is 1.54. The zero-order chi connectivity index (χ0) is 17.7. The highest BCUT2D eigenvalue weighted by Gasteiger charge is 2.41. The highest BCUT2D eigenvalue weighted by molar-refractivity contribution is 7.07. The number of benzene rings is 1. The SMILES string of the molecule is Cc1cccc(CN2CCCC(O)(CNCCc3cscn3)C2=O)c1. The molecule has 1 aromatic carbocycles. The molecule has 2 heterocycles. The largest absolute Gasteiger partial charge is 0.379 e. The normalized spacial score (nSPS) is 20.9. The number of nitrogens with one attached hydrogen (secondary N) is 1. The van der Waals surface area contributed by atoms with Gasteiger partial charge in [0.1, 0.15) is 0 Å². The molecule has 6 heteroatoms. The topological polar surface area (TPSA) is 65.5 Å². The van der Waals surface area contributed by atoms with Crippen molar-refractivity contribution in [1.82, 2.24) is 15.2 Å². The van der Waals surface area contributed by atoms with Gasteiger partial charge in [0.15, 0.2) is 5.60 Å². The van der Waals surface area contributed by atoms with Gasteiger partial charge in [0, 0.05) is 38.0 Å². The molecule has 2 N–H and O–H groups in total. The maximum absolute atomic E-state index is 12.8. The van der Waals surface area contributed by atoms with Crippen LogP contribution in [-0.4, -0.2) is 46.1 Å². The number of carbonyl (C=O) groups is 1. The van der Waals surface area contributed by atoms with Crippen LogP contribution in [0.2, 0.25) is 0 Å². The molecule has 0 aliphatic carbocycles. The van der Waals surface area contributed by atoms with E-state index in [9.17, 15) is 9.90 Å². The van der Waals surface area contributed by atoms with E-state index in [-0.39, 0.29) is 5.91 Å². The predicted molar refractivity (Wildman–Crippen MR) is 99.5 cm³/mol. The molecule has 1 aliphatic rings. The number of likely N-dealkylation sites (tertiary alicyclic amines) is 1. The Labute approximate surface area is 152 Å². The minimum atomic E-state index is -1.30. The van der Waals surface area contributed by atoms with Crippen LogP contribution in [0.25, 0.3) is 0 Å². The summed E-state index contributed by atoms with van der Waals surface area (Å²) in [5.74, 6) is -0.165. The second-order valence-electron chi connectivity index (χ2n) is 6.76. The molecular formula is C19H25N3O2S. The summed E-state index contributed by atoms with van der Waals surface area (Å²) in [4.78, 5) is 18.8. The highest BCUT2D eigenvalue weighted by Crippen LogP contribution is 2.24. The Morgan fingerprint density at radius 2 is 2.32 bits per heavy atom. The molecule has 5 nitrogen and oxygen atoms in total. The number of nitrogens with zero attached hydrogens (tertiary/aromatic N) is 2. The minimum Gasteiger partial charge on any atom is -0.379 e. The molecule has 1 amide bonds. The van der Waals surface area contributed by atoms with Crippen LogP contribution in [-0.2, 0) is 17.8 Å². The number of amides is 1. The first-order valence-electron chi connectivity index (χ1n) is 8.72. The first-order chi connectivity index (χ1) is 12.1. The summed E-state index contributed by atoms with van der Waals surface area (Å²) in [6, 6.07) is 8.17. The lowest BCUT2D eigenvalue weighted by molar-refractivity contribution is -0.157. The second-order valence-corrected chi connectivity index (χ2v) is 7.48. The predicted octanol–water partition coefficient (Wildman–Crippen LogP) is 2.14. The average Bonchev–Trinajstić information content (AvgIpc) is 3.10. The molecule has 1 aromatic heterocycles. The number of carbonyl (C=O) groups excluding carboxylic acids is 1. The molecule has 1 fully saturated rings. The first-order valence-corrected chi connectivity index (χ1v) is 9.66. The maximum Gasteiger partial charge on any atom is 0.256 e. The van der Waals surface area contributed by atoms with Gasteiger partial charge in [-0.1, -0.05) is 29.8 Å². The van der Waals surface area contributed by atoms with Gasteiger partial charge < -0.3 is 15.3 Å². The Hall–Kier alpha value is -1.76. The van der Waals surface area contributed by atoms with E-state index in [0.717, 1.165) is 24.1 Å². The Kier molecular flexibility index (Phi) is 5.83. The van der Waals surface area contributed by atoms with Crippen LogP contribution in [0.1, 0.15) is 29.7 Å². The summed E-state index contributed by atoms with van der Waals surface area (Å²) in [7, 11) is 0. The van der Waals surface area contributed by atoms with Crippen molar-refractivity contribution in [1.29, 1.82) is 0 Å². The zero-order valence-electron chi connectivity index (χ0n) is 14.6. The third kappa shape index (κ3) is 4.66. The van der Waals surface area contributed by atoms with Crippen molar-refractivity contribution in [3.8, 4) is 0 Å². The zero-order valence-corrected chi connectivity index (χ0v) is 15.4. The number of aliphatic hydroxyl groups is 1. The number of hydrogen-bond donors (Lipinski definition) is 2. The number of piperidine rings is 1. The maximum atomic E-state index is 12.8. The number of aryl methyl sites for hydroxylation is 1. The van der Waals surface area contributed by atoms with E-state index in [0.29, 0.717) is 32.6 Å². The van der Waals surface area contributed by atoms with Gasteiger partial charge in [0.25, 0.3) is 5.91 Å². The van der Waals surface area contributed by atoms with E-state index in [2.05, 4.69) is 16.4 Å². The van der Waals surface area contributed by atoms with E-state index < -0.39 is 5.60 Å². The molecule has 0 radical (unpaired) electrons. The van der Waals surface area contributed by atoms with Crippen molar-refractivity contribution in [3.63, 3.8) is 0 Å². The molecule has 0 spiro atoms. The highest BCUT2D eigenvalue weighted by atomic mass is 32.1. The molecule has 134 valence electrons. The van der Waals surface area contributed by atoms with Gasteiger partial charge in [0.05, 0.1) is 11.2 Å². The van der Waals surface area contributed by atoms with Crippen molar-refractivity contribution in [2.45, 2.75) is 38.3 Å². The van der Waals surface area contributed by atoms with Gasteiger partial charge in [-0.05, 0) is 25.3 Å². The third-order valence-corrected chi connectivity index (χ3v) is 5.25. The van der Waals surface area contributed by atoms with Crippen LogP contribution in [0, 0.1) is 6.92 Å². The van der Waals surface area contributed by atoms with Crippen molar-refractivity contribution in [2.75, 3.05) is 19.6 Å². The Bertz CT molecular complexity index is 704. The van der Waals surface area contributed by atoms with Gasteiger partial charge in [-0.2, -0.15) is 0 Å². The van der Waals surface area contributed by atoms with Crippen LogP contribution in [0.4, 0.5) is 0 Å². The van der Waals surface area contributed by atoms with Crippen LogP contribution in [0.15, 0.2) is 35.2 Å². The Morgan fingerprint density at radius 3 is 3.08 bits per heavy atom. The number of thiazole rings is 1. The molecule has 3 rings (SSSR count). The summed E-state index contributed by atoms with van der Waals surface area (Å²) in [5, 5.41) is 16.1. The summed E-state index contributed by atoms with van der Waals surface area (Å²) >= 11 is 1.58. The average molecular weight is 359 g/mol. The molecule has 1 saturated heterocycles. The Morgan fingerprint density at radius 1 is 1.44 bits per heavy atom. The molecule has 1 aliphatic heterocycles. The lowest BCUT2D eigenvalue weighted by Crippen LogP contribution is -2.57. The van der Waals surface area contributed by atoms with Crippen LogP contribution in [0.3, 0.4) is 0 Å². The van der Waals surface area contributed by atoms with E-state index in [1.54, 1.807) is 16.2 Å². The number of hydrogen-bond acceptors (Lipinski definition) is 5. The summed E-state index contributed by atoms with van der Waals surface area (Å²) in [6.07, 6.45) is 2.14. The van der Waals surface area contributed by atoms with E-state index in [1.807, 2.05) is 36.0 Å². The lowest BCUT2D eigenvalue weighted by Gasteiger charge is -2.38. The van der Waals surface area contributed by atoms with E-state index >= 15 is 0 Å². The molecule has 1 atom stereocenters. The van der Waals surface area contributed by atoms with Crippen LogP contribution >= 0.6 is 11.3 Å². The lowest BCUT2D eigenvalue weighted by atomic mass is 9.91. The minimum absolute atomic E-state index is 0.165. The van der Waals surface area contributed by atoms with Crippen molar-refractivity contribution in [2.24, 2.45) is 0 Å². The standard InChI is InChI=1S/C19H25N3O2S/c1-15-4-2-5-16(10-15)11-22-9-3-7-19(24,18(22)23)13-20-8-6-17-12-25-14-21-17/h2,4-5,10,12,14,20,24H,3,6-9,11,13H2,1H3. The van der Waals surface area contributed by atoms with Gasteiger partial charge in [-0.15, -0.1) is 11.3 Å². The molecule has 0 saturated carbocycles. The quantitative estimate of drug-likeness (QED) is 0.744. The van der Waals surface area contributed by atoms with Gasteiger partial charge in [0.2, 0.25) is 0 Å². The van der Waals surface area contributed by atoms with Gasteiger partial charge in [-0.25, -0.2) is 4.98 Å². The summed E-state index contributed by atoms with van der Waals surface area (Å²) in [6.45, 7) is 4.30. The van der Waals surface area contributed by atoms with Crippen molar-refractivity contribution >= 4 is 17.2 Å². The fraction of sp³-hybridized carbons (Fsp3) is 0.474. The second kappa shape index (κ2) is 8.08. The molecule has 2 aromatic rings. The molecule has 0 bridgehead atoms. The molecule has 25 heavy (non-hydrogen) atoms. The summed E-state index contributed by atoms with van der Waals surface area (Å²) in [5.41, 5.74) is 3.84. The van der Waals surface area contributed by atoms with E-state index in [1.165, 1.54) is 5.56 Å². The van der Waals surface area contributed by atoms with Crippen molar-refractivity contribution < 1.29 is 9.90 Å². The monoisotopic (exact) mass is 359 g/mol. The van der Waals surface area contributed by atoms with Gasteiger partial charge >= 0.3 is 0 Å². The van der Waals surface area contributed by atoms with Crippen molar-refractivity contribution in [3.05, 3.63) is 52.0 Å². The fourth-order valence-corrected chi connectivity index (χ4v) is 3.88. The van der Waals surface area contributed by atoms with Gasteiger partial charge in [-0.3, -0.25) is 4.79 Å². The number of aromatic nitrogens is 1. The number of rotatable bonds is 7. The molecular weight excluding hydrogens is 334 g/mol. The first kappa shape index (κ1) is 18.0. The van der Waals surface area contributed by atoms with Crippen LogP contribution in [0.5, 0.6) is 0 Å². The fourth-order valence-electron chi connectivity index (χ4n) is 3.28.